The number of nitrogens with one attached hydrogen (secondary N) is 1. The fourth-order valence-electron chi connectivity index (χ4n) is 2.63. The number of thiophene rings is 1. The van der Waals surface area contributed by atoms with Crippen LogP contribution < -0.4 is 5.56 Å². The lowest BCUT2D eigenvalue weighted by Crippen LogP contribution is -2.10. The van der Waals surface area contributed by atoms with E-state index in [-0.39, 0.29) is 5.56 Å². The Hall–Kier alpha value is -2.31. The van der Waals surface area contributed by atoms with E-state index in [0.717, 1.165) is 10.4 Å². The molecule has 4 nitrogen and oxygen atoms in total. The first kappa shape index (κ1) is 16.2. The predicted octanol–water partition coefficient (Wildman–Crippen LogP) is 5.15. The average molecular weight is 368 g/mol. The third-order valence-corrected chi connectivity index (χ3v) is 6.01. The Balaban J connectivity index is 1.63. The lowest BCUT2D eigenvalue weighted by Gasteiger charge is -2.05. The van der Waals surface area contributed by atoms with Crippen molar-refractivity contribution in [2.75, 3.05) is 0 Å². The second kappa shape index (κ2) is 6.54. The van der Waals surface area contributed by atoms with Crippen LogP contribution in [0.25, 0.3) is 21.5 Å². The van der Waals surface area contributed by atoms with Gasteiger partial charge in [0, 0.05) is 15.8 Å². The molecule has 0 radical (unpaired) electrons. The lowest BCUT2D eigenvalue weighted by molar-refractivity contribution is 0.583. The molecule has 0 bridgehead atoms. The summed E-state index contributed by atoms with van der Waals surface area (Å²) in [7, 11) is 0. The van der Waals surface area contributed by atoms with Crippen LogP contribution in [0.3, 0.4) is 0 Å². The van der Waals surface area contributed by atoms with E-state index >= 15 is 0 Å². The zero-order valence-electron chi connectivity index (χ0n) is 13.8. The maximum Gasteiger partial charge on any atom is 0.260 e. The van der Waals surface area contributed by atoms with Crippen molar-refractivity contribution in [3.05, 3.63) is 69.3 Å². The number of rotatable bonds is 4. The molecule has 0 aliphatic rings. The zero-order valence-corrected chi connectivity index (χ0v) is 15.5. The van der Waals surface area contributed by atoms with Crippen LogP contribution in [-0.2, 0) is 5.75 Å². The average Bonchev–Trinajstić information content (AvgIpc) is 3.25. The highest BCUT2D eigenvalue weighted by molar-refractivity contribution is 7.98. The molecule has 126 valence electrons. The molecule has 0 spiro atoms. The molecule has 1 N–H and O–H groups in total. The molecule has 25 heavy (non-hydrogen) atoms. The second-order valence-corrected chi connectivity index (χ2v) is 7.76. The smallest absolute Gasteiger partial charge is 0.260 e. The highest BCUT2D eigenvalue weighted by Crippen LogP contribution is 2.31. The standard InChI is InChI=1S/C19H16N2O2S2/c1-11-5-6-13(8-12(11)2)24-10-16-20-18(22)17-14(9-25-19(17)21-16)15-4-3-7-23-15/h3-9H,10H2,1-2H3,(H,20,21,22). The predicted molar refractivity (Wildman–Crippen MR) is 103 cm³/mol. The van der Waals surface area contributed by atoms with Crippen molar-refractivity contribution in [1.82, 2.24) is 9.97 Å². The minimum absolute atomic E-state index is 0.117. The lowest BCUT2D eigenvalue weighted by atomic mass is 10.1. The van der Waals surface area contributed by atoms with Crippen molar-refractivity contribution in [1.29, 1.82) is 0 Å². The number of aromatic amines is 1. The Morgan fingerprint density at radius 3 is 2.88 bits per heavy atom. The van der Waals surface area contributed by atoms with Crippen molar-refractivity contribution in [3.8, 4) is 11.3 Å². The Kier molecular flexibility index (Phi) is 4.23. The summed E-state index contributed by atoms with van der Waals surface area (Å²) in [5.41, 5.74) is 3.23. The summed E-state index contributed by atoms with van der Waals surface area (Å²) in [4.78, 5) is 22.0. The minimum atomic E-state index is -0.117. The molecule has 0 aliphatic heterocycles. The van der Waals surface area contributed by atoms with Crippen molar-refractivity contribution >= 4 is 33.3 Å². The molecule has 6 heteroatoms. The van der Waals surface area contributed by atoms with E-state index in [0.29, 0.717) is 22.7 Å². The van der Waals surface area contributed by atoms with E-state index in [1.165, 1.54) is 27.4 Å². The van der Waals surface area contributed by atoms with Gasteiger partial charge in [-0.1, -0.05) is 6.07 Å². The molecule has 3 heterocycles. The van der Waals surface area contributed by atoms with Gasteiger partial charge in [-0.05, 0) is 49.2 Å². The summed E-state index contributed by atoms with van der Waals surface area (Å²) < 4.78 is 5.42. The van der Waals surface area contributed by atoms with Gasteiger partial charge >= 0.3 is 0 Å². The molecule has 0 unspecified atom stereocenters. The van der Waals surface area contributed by atoms with Crippen molar-refractivity contribution in [3.63, 3.8) is 0 Å². The normalized spacial score (nSPS) is 11.3. The number of benzene rings is 1. The number of aryl methyl sites for hydroxylation is 2. The topological polar surface area (TPSA) is 58.9 Å². The Morgan fingerprint density at radius 2 is 2.12 bits per heavy atom. The first-order valence-electron chi connectivity index (χ1n) is 7.86. The fraction of sp³-hybridized carbons (Fsp3) is 0.158. The van der Waals surface area contributed by atoms with Crippen molar-refractivity contribution in [2.45, 2.75) is 24.5 Å². The SMILES string of the molecule is Cc1ccc(SCc2nc3scc(-c4ccco4)c3c(=O)[nH]2)cc1C. The van der Waals surface area contributed by atoms with Crippen LogP contribution in [0.1, 0.15) is 17.0 Å². The van der Waals surface area contributed by atoms with Gasteiger partial charge < -0.3 is 9.40 Å². The molecule has 0 atom stereocenters. The van der Waals surface area contributed by atoms with Gasteiger partial charge in [0.15, 0.2) is 0 Å². The van der Waals surface area contributed by atoms with Gasteiger partial charge in [0.1, 0.15) is 16.4 Å². The van der Waals surface area contributed by atoms with E-state index in [2.05, 4.69) is 42.0 Å². The third kappa shape index (κ3) is 3.15. The zero-order chi connectivity index (χ0) is 17.4. The first-order valence-corrected chi connectivity index (χ1v) is 9.72. The van der Waals surface area contributed by atoms with E-state index in [4.69, 9.17) is 4.42 Å². The number of nitrogens with zero attached hydrogens (tertiary/aromatic N) is 1. The summed E-state index contributed by atoms with van der Waals surface area (Å²) in [5, 5.41) is 2.52. The van der Waals surface area contributed by atoms with E-state index in [9.17, 15) is 4.79 Å². The van der Waals surface area contributed by atoms with E-state index < -0.39 is 0 Å². The van der Waals surface area contributed by atoms with E-state index in [1.807, 2.05) is 17.5 Å². The van der Waals surface area contributed by atoms with Crippen LogP contribution in [0.2, 0.25) is 0 Å². The molecule has 1 aromatic carbocycles. The maximum atomic E-state index is 12.5. The summed E-state index contributed by atoms with van der Waals surface area (Å²) in [5.74, 6) is 2.01. The maximum absolute atomic E-state index is 12.5. The number of aromatic nitrogens is 2. The molecule has 0 saturated heterocycles. The van der Waals surface area contributed by atoms with Gasteiger partial charge in [0.25, 0.3) is 5.56 Å². The fourth-order valence-corrected chi connectivity index (χ4v) is 4.44. The molecule has 0 fully saturated rings. The summed E-state index contributed by atoms with van der Waals surface area (Å²) in [6.07, 6.45) is 1.61. The molecule has 0 amide bonds. The monoisotopic (exact) mass is 368 g/mol. The Bertz CT molecular complexity index is 1090. The van der Waals surface area contributed by atoms with Gasteiger partial charge in [-0.25, -0.2) is 4.98 Å². The molecule has 4 rings (SSSR count). The summed E-state index contributed by atoms with van der Waals surface area (Å²) in [6.45, 7) is 4.21. The third-order valence-electron chi connectivity index (χ3n) is 4.13. The van der Waals surface area contributed by atoms with E-state index in [1.54, 1.807) is 18.0 Å². The minimum Gasteiger partial charge on any atom is -0.464 e. The summed E-state index contributed by atoms with van der Waals surface area (Å²) in [6, 6.07) is 10.0. The number of fused-ring (bicyclic) bond motifs is 1. The number of hydrogen-bond acceptors (Lipinski definition) is 5. The van der Waals surface area contributed by atoms with Gasteiger partial charge in [-0.3, -0.25) is 4.79 Å². The number of thioether (sulfide) groups is 1. The number of hydrogen-bond donors (Lipinski definition) is 1. The molecular formula is C19H16N2O2S2. The quantitative estimate of drug-likeness (QED) is 0.506. The molecule has 0 aliphatic carbocycles. The molecule has 0 saturated carbocycles. The van der Waals surface area contributed by atoms with Gasteiger partial charge in [0.05, 0.1) is 17.4 Å². The highest BCUT2D eigenvalue weighted by atomic mass is 32.2. The van der Waals surface area contributed by atoms with Crippen LogP contribution in [0.15, 0.2) is 56.1 Å². The van der Waals surface area contributed by atoms with Crippen LogP contribution in [0, 0.1) is 13.8 Å². The van der Waals surface area contributed by atoms with Crippen LogP contribution in [-0.4, -0.2) is 9.97 Å². The second-order valence-electron chi connectivity index (χ2n) is 5.85. The largest absolute Gasteiger partial charge is 0.464 e. The Labute approximate surface area is 152 Å². The molecule has 3 aromatic heterocycles. The van der Waals surface area contributed by atoms with Crippen LogP contribution >= 0.6 is 23.1 Å². The van der Waals surface area contributed by atoms with Crippen LogP contribution in [0.4, 0.5) is 0 Å². The number of H-pyrrole nitrogens is 1. The van der Waals surface area contributed by atoms with Crippen molar-refractivity contribution in [2.24, 2.45) is 0 Å². The highest BCUT2D eigenvalue weighted by Gasteiger charge is 2.14. The van der Waals surface area contributed by atoms with Gasteiger partial charge in [-0.2, -0.15) is 0 Å². The van der Waals surface area contributed by atoms with Crippen LogP contribution in [0.5, 0.6) is 0 Å². The Morgan fingerprint density at radius 1 is 1.24 bits per heavy atom. The number of furan rings is 1. The first-order chi connectivity index (χ1) is 12.1. The van der Waals surface area contributed by atoms with Crippen molar-refractivity contribution < 1.29 is 4.42 Å². The van der Waals surface area contributed by atoms with Gasteiger partial charge in [-0.15, -0.1) is 23.1 Å². The molecular weight excluding hydrogens is 352 g/mol. The van der Waals surface area contributed by atoms with Gasteiger partial charge in [0.2, 0.25) is 0 Å². The molecule has 4 aromatic rings. The summed E-state index contributed by atoms with van der Waals surface area (Å²) >= 11 is 3.14.